The van der Waals surface area contributed by atoms with Gasteiger partial charge in [-0.15, -0.1) is 0 Å². The lowest BCUT2D eigenvalue weighted by atomic mass is 10.1. The summed E-state index contributed by atoms with van der Waals surface area (Å²) in [5.74, 6) is -0.986. The molecule has 2 aromatic rings. The number of aryl methyl sites for hydroxylation is 1. The Morgan fingerprint density at radius 3 is 1.90 bits per heavy atom. The number of nitrogens with one attached hydrogen (secondary N) is 1. The molecule has 7 heteroatoms. The van der Waals surface area contributed by atoms with Crippen molar-refractivity contribution in [1.82, 2.24) is 15.1 Å². The molecule has 0 radical (unpaired) electrons. The number of amides is 3. The first kappa shape index (κ1) is 20.4. The van der Waals surface area contributed by atoms with Crippen molar-refractivity contribution in [2.75, 3.05) is 26.2 Å². The third-order valence-corrected chi connectivity index (χ3v) is 5.11. The monoisotopic (exact) mass is 395 g/mol. The fourth-order valence-corrected chi connectivity index (χ4v) is 3.23. The molecular formula is C22H25N3O4. The van der Waals surface area contributed by atoms with E-state index in [1.807, 2.05) is 24.3 Å². The number of rotatable bonds is 5. The van der Waals surface area contributed by atoms with Crippen LogP contribution in [0.3, 0.4) is 0 Å². The zero-order valence-electron chi connectivity index (χ0n) is 16.4. The van der Waals surface area contributed by atoms with E-state index in [4.69, 9.17) is 5.11 Å². The number of benzene rings is 2. The van der Waals surface area contributed by atoms with Gasteiger partial charge in [-0.25, -0.2) is 9.59 Å². The minimum absolute atomic E-state index is 0.00812. The van der Waals surface area contributed by atoms with Crippen LogP contribution in [0.2, 0.25) is 0 Å². The number of carbonyl (C=O) groups is 3. The fraction of sp³-hybridized carbons (Fsp3) is 0.318. The molecule has 1 saturated heterocycles. The summed E-state index contributed by atoms with van der Waals surface area (Å²) in [7, 11) is 0. The van der Waals surface area contributed by atoms with Crippen LogP contribution in [-0.2, 0) is 13.0 Å². The summed E-state index contributed by atoms with van der Waals surface area (Å²) in [4.78, 5) is 39.3. The maximum atomic E-state index is 12.6. The summed E-state index contributed by atoms with van der Waals surface area (Å²) in [6.07, 6.45) is 0.936. The summed E-state index contributed by atoms with van der Waals surface area (Å²) < 4.78 is 0. The Labute approximate surface area is 169 Å². The molecule has 152 valence electrons. The molecule has 3 amide bonds. The molecule has 0 saturated carbocycles. The molecule has 0 spiro atoms. The first-order chi connectivity index (χ1) is 14.0. The molecular weight excluding hydrogens is 370 g/mol. The molecule has 3 rings (SSSR count). The van der Waals surface area contributed by atoms with Crippen LogP contribution in [0.15, 0.2) is 48.5 Å². The lowest BCUT2D eigenvalue weighted by Crippen LogP contribution is -2.53. The van der Waals surface area contributed by atoms with Crippen molar-refractivity contribution in [3.05, 3.63) is 70.8 Å². The van der Waals surface area contributed by atoms with Crippen molar-refractivity contribution in [2.24, 2.45) is 0 Å². The number of urea groups is 1. The van der Waals surface area contributed by atoms with Crippen molar-refractivity contribution in [3.63, 3.8) is 0 Å². The molecule has 1 aliphatic rings. The summed E-state index contributed by atoms with van der Waals surface area (Å²) in [5, 5.41) is 11.8. The summed E-state index contributed by atoms with van der Waals surface area (Å²) in [6.45, 7) is 4.34. The van der Waals surface area contributed by atoms with Gasteiger partial charge in [0.2, 0.25) is 0 Å². The highest BCUT2D eigenvalue weighted by atomic mass is 16.4. The van der Waals surface area contributed by atoms with E-state index < -0.39 is 5.97 Å². The van der Waals surface area contributed by atoms with Crippen LogP contribution in [0, 0.1) is 0 Å². The van der Waals surface area contributed by atoms with Gasteiger partial charge in [0, 0.05) is 38.3 Å². The number of carboxylic acids is 1. The third kappa shape index (κ3) is 5.13. The minimum Gasteiger partial charge on any atom is -0.478 e. The number of hydrogen-bond donors (Lipinski definition) is 2. The molecule has 0 aromatic heterocycles. The highest BCUT2D eigenvalue weighted by Crippen LogP contribution is 2.11. The topological polar surface area (TPSA) is 90.0 Å². The predicted molar refractivity (Wildman–Crippen MR) is 109 cm³/mol. The van der Waals surface area contributed by atoms with Gasteiger partial charge in [0.05, 0.1) is 5.56 Å². The van der Waals surface area contributed by atoms with E-state index in [-0.39, 0.29) is 17.5 Å². The van der Waals surface area contributed by atoms with E-state index in [9.17, 15) is 14.4 Å². The second-order valence-corrected chi connectivity index (χ2v) is 6.99. The van der Waals surface area contributed by atoms with Crippen molar-refractivity contribution in [1.29, 1.82) is 0 Å². The lowest BCUT2D eigenvalue weighted by molar-refractivity contribution is 0.0663. The van der Waals surface area contributed by atoms with Gasteiger partial charge in [0.25, 0.3) is 5.91 Å². The first-order valence-corrected chi connectivity index (χ1v) is 9.71. The zero-order valence-corrected chi connectivity index (χ0v) is 16.4. The molecule has 0 aliphatic carbocycles. The number of carbonyl (C=O) groups excluding carboxylic acids is 2. The lowest BCUT2D eigenvalue weighted by Gasteiger charge is -2.34. The van der Waals surface area contributed by atoms with Crippen LogP contribution in [0.4, 0.5) is 4.79 Å². The van der Waals surface area contributed by atoms with Gasteiger partial charge in [-0.05, 0) is 41.8 Å². The van der Waals surface area contributed by atoms with Gasteiger partial charge in [0.1, 0.15) is 0 Å². The van der Waals surface area contributed by atoms with Crippen molar-refractivity contribution < 1.29 is 19.5 Å². The Kier molecular flexibility index (Phi) is 6.49. The maximum Gasteiger partial charge on any atom is 0.335 e. The Morgan fingerprint density at radius 1 is 0.828 bits per heavy atom. The van der Waals surface area contributed by atoms with Gasteiger partial charge in [-0.1, -0.05) is 31.2 Å². The predicted octanol–water partition coefficient (Wildman–Crippen LogP) is 2.61. The standard InChI is InChI=1S/C22H25N3O4/c1-2-16-3-7-18(8-4-16)20(26)24-11-13-25(14-12-24)22(29)23-15-17-5-9-19(10-6-17)21(27)28/h3-10H,2,11-15H2,1H3,(H,23,29)(H,27,28). The van der Waals surface area contributed by atoms with Crippen molar-refractivity contribution >= 4 is 17.9 Å². The van der Waals surface area contributed by atoms with Crippen LogP contribution in [-0.4, -0.2) is 59.0 Å². The molecule has 0 unspecified atom stereocenters. The SMILES string of the molecule is CCc1ccc(C(=O)N2CCN(C(=O)NCc3ccc(C(=O)O)cc3)CC2)cc1. The molecule has 2 aromatic carbocycles. The molecule has 1 fully saturated rings. The van der Waals surface area contributed by atoms with Crippen LogP contribution in [0.1, 0.15) is 38.8 Å². The molecule has 1 heterocycles. The number of nitrogens with zero attached hydrogens (tertiary/aromatic N) is 2. The number of carboxylic acid groups (broad SMARTS) is 1. The van der Waals surface area contributed by atoms with E-state index in [2.05, 4.69) is 12.2 Å². The van der Waals surface area contributed by atoms with Crippen LogP contribution in [0.5, 0.6) is 0 Å². The van der Waals surface area contributed by atoms with E-state index in [0.29, 0.717) is 38.3 Å². The van der Waals surface area contributed by atoms with Crippen molar-refractivity contribution in [3.8, 4) is 0 Å². The normalized spacial score (nSPS) is 13.8. The Morgan fingerprint density at radius 2 is 1.34 bits per heavy atom. The van der Waals surface area contributed by atoms with E-state index in [0.717, 1.165) is 12.0 Å². The summed E-state index contributed by atoms with van der Waals surface area (Å²) in [5.41, 5.74) is 2.91. The molecule has 2 N–H and O–H groups in total. The molecule has 29 heavy (non-hydrogen) atoms. The Bertz CT molecular complexity index is 870. The molecule has 0 atom stereocenters. The molecule has 7 nitrogen and oxygen atoms in total. The fourth-order valence-electron chi connectivity index (χ4n) is 3.23. The van der Waals surface area contributed by atoms with Crippen LogP contribution >= 0.6 is 0 Å². The van der Waals surface area contributed by atoms with Gasteiger partial charge < -0.3 is 20.2 Å². The average Bonchev–Trinajstić information content (AvgIpc) is 2.77. The molecule has 0 bridgehead atoms. The Balaban J connectivity index is 1.47. The highest BCUT2D eigenvalue weighted by molar-refractivity contribution is 5.94. The summed E-state index contributed by atoms with van der Waals surface area (Å²) >= 11 is 0. The summed E-state index contributed by atoms with van der Waals surface area (Å²) in [6, 6.07) is 13.9. The van der Waals surface area contributed by atoms with Gasteiger partial charge in [-0.2, -0.15) is 0 Å². The van der Waals surface area contributed by atoms with E-state index >= 15 is 0 Å². The number of aromatic carboxylic acids is 1. The van der Waals surface area contributed by atoms with Crippen LogP contribution in [0.25, 0.3) is 0 Å². The molecule has 1 aliphatic heterocycles. The quantitative estimate of drug-likeness (QED) is 0.814. The van der Waals surface area contributed by atoms with Crippen LogP contribution < -0.4 is 5.32 Å². The van der Waals surface area contributed by atoms with Crippen molar-refractivity contribution in [2.45, 2.75) is 19.9 Å². The minimum atomic E-state index is -0.977. The zero-order chi connectivity index (χ0) is 20.8. The highest BCUT2D eigenvalue weighted by Gasteiger charge is 2.24. The number of hydrogen-bond acceptors (Lipinski definition) is 3. The van der Waals surface area contributed by atoms with Gasteiger partial charge in [0.15, 0.2) is 0 Å². The van der Waals surface area contributed by atoms with E-state index in [1.54, 1.807) is 21.9 Å². The second-order valence-electron chi connectivity index (χ2n) is 6.99. The van der Waals surface area contributed by atoms with Gasteiger partial charge in [-0.3, -0.25) is 4.79 Å². The van der Waals surface area contributed by atoms with Gasteiger partial charge >= 0.3 is 12.0 Å². The second kappa shape index (κ2) is 9.23. The first-order valence-electron chi connectivity index (χ1n) is 9.71. The van der Waals surface area contributed by atoms with E-state index in [1.165, 1.54) is 17.7 Å². The third-order valence-electron chi connectivity index (χ3n) is 5.11. The maximum absolute atomic E-state index is 12.6. The Hall–Kier alpha value is -3.35. The largest absolute Gasteiger partial charge is 0.478 e. The number of piperazine rings is 1. The smallest absolute Gasteiger partial charge is 0.335 e. The average molecular weight is 395 g/mol.